The Balaban J connectivity index is 2.25. The quantitative estimate of drug-likeness (QED) is 0.896. The fourth-order valence-corrected chi connectivity index (χ4v) is 4.15. The maximum absolute atomic E-state index is 6.18. The SMILES string of the molecule is CCOC1(c2nc(C)c(CNC)s2)CCC(C)CC1. The van der Waals surface area contributed by atoms with Crippen LogP contribution in [0.5, 0.6) is 0 Å². The summed E-state index contributed by atoms with van der Waals surface area (Å²) in [5, 5.41) is 4.42. The van der Waals surface area contributed by atoms with Crippen LogP contribution in [0, 0.1) is 12.8 Å². The van der Waals surface area contributed by atoms with Gasteiger partial charge in [0, 0.05) is 18.0 Å². The van der Waals surface area contributed by atoms with E-state index in [9.17, 15) is 0 Å². The molecular weight excluding hydrogens is 256 g/mol. The number of nitrogens with zero attached hydrogens (tertiary/aromatic N) is 1. The van der Waals surface area contributed by atoms with Crippen molar-refractivity contribution in [1.29, 1.82) is 0 Å². The minimum Gasteiger partial charge on any atom is -0.368 e. The Morgan fingerprint density at radius 3 is 2.68 bits per heavy atom. The lowest BCUT2D eigenvalue weighted by Gasteiger charge is -2.37. The van der Waals surface area contributed by atoms with Gasteiger partial charge in [-0.05, 0) is 52.5 Å². The molecule has 0 saturated heterocycles. The van der Waals surface area contributed by atoms with E-state index in [2.05, 4.69) is 26.1 Å². The van der Waals surface area contributed by atoms with Crippen LogP contribution in [0.15, 0.2) is 0 Å². The molecule has 0 aliphatic heterocycles. The van der Waals surface area contributed by atoms with Crippen LogP contribution in [0.3, 0.4) is 0 Å². The average molecular weight is 282 g/mol. The number of rotatable bonds is 5. The van der Waals surface area contributed by atoms with Gasteiger partial charge in [0.2, 0.25) is 0 Å². The molecule has 0 aromatic carbocycles. The van der Waals surface area contributed by atoms with Crippen LogP contribution in [-0.2, 0) is 16.9 Å². The number of hydrogen-bond acceptors (Lipinski definition) is 4. The Morgan fingerprint density at radius 1 is 1.42 bits per heavy atom. The lowest BCUT2D eigenvalue weighted by atomic mass is 9.79. The van der Waals surface area contributed by atoms with E-state index in [0.717, 1.165) is 37.6 Å². The predicted octanol–water partition coefficient (Wildman–Crippen LogP) is 3.61. The first-order valence-electron chi connectivity index (χ1n) is 7.36. The molecule has 1 saturated carbocycles. The van der Waals surface area contributed by atoms with Gasteiger partial charge in [0.25, 0.3) is 0 Å². The highest BCUT2D eigenvalue weighted by Crippen LogP contribution is 2.44. The van der Waals surface area contributed by atoms with Crippen molar-refractivity contribution in [3.63, 3.8) is 0 Å². The molecule has 108 valence electrons. The van der Waals surface area contributed by atoms with Crippen molar-refractivity contribution in [2.45, 2.75) is 58.6 Å². The first kappa shape index (κ1) is 14.9. The van der Waals surface area contributed by atoms with Crippen LogP contribution in [0.25, 0.3) is 0 Å². The molecule has 0 unspecified atom stereocenters. The zero-order valence-electron chi connectivity index (χ0n) is 12.6. The second-order valence-electron chi connectivity index (χ2n) is 5.67. The molecule has 0 amide bonds. The summed E-state index contributed by atoms with van der Waals surface area (Å²) in [6.45, 7) is 8.22. The highest BCUT2D eigenvalue weighted by Gasteiger charge is 2.39. The number of aryl methyl sites for hydroxylation is 1. The van der Waals surface area contributed by atoms with Gasteiger partial charge < -0.3 is 10.1 Å². The van der Waals surface area contributed by atoms with E-state index >= 15 is 0 Å². The molecule has 1 fully saturated rings. The second-order valence-corrected chi connectivity index (χ2v) is 6.75. The van der Waals surface area contributed by atoms with Crippen LogP contribution in [0.4, 0.5) is 0 Å². The molecule has 1 aliphatic rings. The summed E-state index contributed by atoms with van der Waals surface area (Å²) in [5.41, 5.74) is 1.05. The largest absolute Gasteiger partial charge is 0.368 e. The van der Waals surface area contributed by atoms with Gasteiger partial charge in [0.1, 0.15) is 10.6 Å². The first-order chi connectivity index (χ1) is 9.11. The highest BCUT2D eigenvalue weighted by molar-refractivity contribution is 7.11. The van der Waals surface area contributed by atoms with Gasteiger partial charge in [0.15, 0.2) is 0 Å². The van der Waals surface area contributed by atoms with E-state index in [1.54, 1.807) is 0 Å². The Morgan fingerprint density at radius 2 is 2.11 bits per heavy atom. The lowest BCUT2D eigenvalue weighted by Crippen LogP contribution is -2.34. The fourth-order valence-electron chi connectivity index (χ4n) is 2.87. The Bertz CT molecular complexity index is 408. The summed E-state index contributed by atoms with van der Waals surface area (Å²) in [7, 11) is 1.99. The standard InChI is InChI=1S/C15H26N2OS/c1-5-18-15(8-6-11(2)7-9-15)14-17-12(3)13(19-14)10-16-4/h11,16H,5-10H2,1-4H3. The summed E-state index contributed by atoms with van der Waals surface area (Å²) in [5.74, 6) is 0.825. The molecule has 0 spiro atoms. The molecule has 1 aliphatic carbocycles. The first-order valence-corrected chi connectivity index (χ1v) is 8.18. The van der Waals surface area contributed by atoms with Gasteiger partial charge in [-0.2, -0.15) is 0 Å². The number of hydrogen-bond donors (Lipinski definition) is 1. The molecular formula is C15H26N2OS. The predicted molar refractivity (Wildman–Crippen MR) is 80.6 cm³/mol. The van der Waals surface area contributed by atoms with Crippen LogP contribution in [0.1, 0.15) is 55.1 Å². The summed E-state index contributed by atoms with van der Waals surface area (Å²) in [4.78, 5) is 6.17. The molecule has 19 heavy (non-hydrogen) atoms. The molecule has 1 aromatic heterocycles. The van der Waals surface area contributed by atoms with Gasteiger partial charge in [-0.3, -0.25) is 0 Å². The molecule has 3 nitrogen and oxygen atoms in total. The molecule has 1 heterocycles. The van der Waals surface area contributed by atoms with Crippen LogP contribution in [0.2, 0.25) is 0 Å². The van der Waals surface area contributed by atoms with Crippen LogP contribution in [-0.4, -0.2) is 18.6 Å². The van der Waals surface area contributed by atoms with Gasteiger partial charge >= 0.3 is 0 Å². The van der Waals surface area contributed by atoms with Gasteiger partial charge in [0.05, 0.1) is 5.69 Å². The Labute approximate surface area is 120 Å². The van der Waals surface area contributed by atoms with E-state index in [1.807, 2.05) is 18.4 Å². The average Bonchev–Trinajstić information content (AvgIpc) is 2.76. The lowest BCUT2D eigenvalue weighted by molar-refractivity contribution is -0.0776. The third-order valence-electron chi connectivity index (χ3n) is 4.12. The van der Waals surface area contributed by atoms with Crippen LogP contribution < -0.4 is 5.32 Å². The zero-order chi connectivity index (χ0) is 13.9. The minimum absolute atomic E-state index is 0.108. The molecule has 1 aromatic rings. The van der Waals surface area contributed by atoms with E-state index < -0.39 is 0 Å². The molecule has 0 atom stereocenters. The molecule has 4 heteroatoms. The van der Waals surface area contributed by atoms with Gasteiger partial charge in [-0.15, -0.1) is 11.3 Å². The summed E-state index contributed by atoms with van der Waals surface area (Å²) in [6.07, 6.45) is 4.74. The zero-order valence-corrected chi connectivity index (χ0v) is 13.4. The van der Waals surface area contributed by atoms with E-state index in [4.69, 9.17) is 9.72 Å². The highest BCUT2D eigenvalue weighted by atomic mass is 32.1. The van der Waals surface area contributed by atoms with Crippen molar-refractivity contribution in [2.24, 2.45) is 5.92 Å². The molecule has 0 radical (unpaired) electrons. The van der Waals surface area contributed by atoms with Gasteiger partial charge in [-0.1, -0.05) is 6.92 Å². The third-order valence-corrected chi connectivity index (χ3v) is 5.47. The molecule has 2 rings (SSSR count). The summed E-state index contributed by atoms with van der Waals surface area (Å²) in [6, 6.07) is 0. The maximum Gasteiger partial charge on any atom is 0.125 e. The van der Waals surface area contributed by atoms with Gasteiger partial charge in [-0.25, -0.2) is 4.98 Å². The maximum atomic E-state index is 6.18. The molecule has 1 N–H and O–H groups in total. The van der Waals surface area contributed by atoms with Crippen LogP contribution >= 0.6 is 11.3 Å². The smallest absolute Gasteiger partial charge is 0.125 e. The molecule has 0 bridgehead atoms. The second kappa shape index (κ2) is 6.33. The van der Waals surface area contributed by atoms with E-state index in [0.29, 0.717) is 0 Å². The Hall–Kier alpha value is -0.450. The van der Waals surface area contributed by atoms with Crippen molar-refractivity contribution in [3.05, 3.63) is 15.6 Å². The fraction of sp³-hybridized carbons (Fsp3) is 0.800. The summed E-state index contributed by atoms with van der Waals surface area (Å²) < 4.78 is 6.18. The van der Waals surface area contributed by atoms with Crippen molar-refractivity contribution in [3.8, 4) is 0 Å². The number of nitrogens with one attached hydrogen (secondary N) is 1. The van der Waals surface area contributed by atoms with Crippen molar-refractivity contribution < 1.29 is 4.74 Å². The third kappa shape index (κ3) is 3.18. The van der Waals surface area contributed by atoms with Crippen molar-refractivity contribution in [1.82, 2.24) is 10.3 Å². The monoisotopic (exact) mass is 282 g/mol. The van der Waals surface area contributed by atoms with Crippen molar-refractivity contribution >= 4 is 11.3 Å². The van der Waals surface area contributed by atoms with E-state index in [-0.39, 0.29) is 5.60 Å². The minimum atomic E-state index is -0.108. The topological polar surface area (TPSA) is 34.1 Å². The van der Waals surface area contributed by atoms with E-state index in [1.165, 1.54) is 22.7 Å². The number of ether oxygens (including phenoxy) is 1. The summed E-state index contributed by atoms with van der Waals surface area (Å²) >= 11 is 1.83. The number of aromatic nitrogens is 1. The number of thiazole rings is 1. The van der Waals surface area contributed by atoms with Crippen molar-refractivity contribution in [2.75, 3.05) is 13.7 Å². The normalized spacial score (nSPS) is 27.7. The Kier molecular flexibility index (Phi) is 4.98.